The first kappa shape index (κ1) is 18.9. The van der Waals surface area contributed by atoms with Crippen LogP contribution >= 0.6 is 23.1 Å². The number of rotatable bonds is 6. The Morgan fingerprint density at radius 1 is 1.19 bits per heavy atom. The lowest BCUT2D eigenvalue weighted by Gasteiger charge is -2.13. The van der Waals surface area contributed by atoms with Crippen molar-refractivity contribution in [2.24, 2.45) is 0 Å². The van der Waals surface area contributed by atoms with E-state index in [2.05, 4.69) is 41.3 Å². The SMILES string of the molecule is Cc1nc(S[C@@H](C)C(=O)NCCc2ccccc2)c2c(C)c(C)sc2n1. The molecule has 2 heterocycles. The van der Waals surface area contributed by atoms with Gasteiger partial charge in [0.2, 0.25) is 5.91 Å². The molecular weight excluding hydrogens is 362 g/mol. The quantitative estimate of drug-likeness (QED) is 0.503. The molecule has 136 valence electrons. The number of nitrogens with one attached hydrogen (secondary N) is 1. The van der Waals surface area contributed by atoms with Gasteiger partial charge in [-0.2, -0.15) is 0 Å². The molecule has 1 atom stereocenters. The summed E-state index contributed by atoms with van der Waals surface area (Å²) >= 11 is 3.20. The van der Waals surface area contributed by atoms with Gasteiger partial charge in [-0.1, -0.05) is 42.1 Å². The molecule has 0 aliphatic rings. The van der Waals surface area contributed by atoms with Gasteiger partial charge in [-0.05, 0) is 45.2 Å². The molecule has 0 unspecified atom stereocenters. The normalized spacial score (nSPS) is 12.3. The fourth-order valence-electron chi connectivity index (χ4n) is 2.74. The number of carbonyl (C=O) groups excluding carboxylic acids is 1. The molecule has 0 radical (unpaired) electrons. The fourth-order valence-corrected chi connectivity index (χ4v) is 4.96. The highest BCUT2D eigenvalue weighted by atomic mass is 32.2. The molecule has 1 N–H and O–H groups in total. The number of hydrogen-bond donors (Lipinski definition) is 1. The standard InChI is InChI=1S/C20H23N3OS2/c1-12-13(2)25-19-17(12)20(23-15(4)22-19)26-14(3)18(24)21-11-10-16-8-6-5-7-9-16/h5-9,14H,10-11H2,1-4H3,(H,21,24)/t14-/m0/s1. The molecule has 0 aliphatic heterocycles. The number of benzene rings is 1. The number of hydrogen-bond acceptors (Lipinski definition) is 5. The summed E-state index contributed by atoms with van der Waals surface area (Å²) in [6.07, 6.45) is 0.837. The summed E-state index contributed by atoms with van der Waals surface area (Å²) < 4.78 is 0. The van der Waals surface area contributed by atoms with Crippen LogP contribution in [0.2, 0.25) is 0 Å². The van der Waals surface area contributed by atoms with Crippen molar-refractivity contribution in [2.75, 3.05) is 6.54 Å². The molecule has 0 saturated heterocycles. The third-order valence-corrected chi connectivity index (χ3v) is 6.51. The summed E-state index contributed by atoms with van der Waals surface area (Å²) in [5, 5.41) is 4.82. The van der Waals surface area contributed by atoms with E-state index in [1.807, 2.05) is 32.0 Å². The Bertz CT molecular complexity index is 922. The van der Waals surface area contributed by atoms with E-state index in [-0.39, 0.29) is 11.2 Å². The van der Waals surface area contributed by atoms with Crippen LogP contribution in [0, 0.1) is 20.8 Å². The van der Waals surface area contributed by atoms with E-state index in [4.69, 9.17) is 0 Å². The van der Waals surface area contributed by atoms with Crippen LogP contribution in [0.25, 0.3) is 10.2 Å². The Morgan fingerprint density at radius 2 is 1.92 bits per heavy atom. The van der Waals surface area contributed by atoms with Crippen LogP contribution < -0.4 is 5.32 Å². The van der Waals surface area contributed by atoms with Crippen molar-refractivity contribution in [1.29, 1.82) is 0 Å². The second-order valence-corrected chi connectivity index (χ2v) is 8.86. The fraction of sp³-hybridized carbons (Fsp3) is 0.350. The molecule has 2 aromatic heterocycles. The van der Waals surface area contributed by atoms with E-state index in [1.54, 1.807) is 11.3 Å². The van der Waals surface area contributed by atoms with Crippen LogP contribution in [0.5, 0.6) is 0 Å². The summed E-state index contributed by atoms with van der Waals surface area (Å²) in [4.78, 5) is 23.9. The molecule has 0 fully saturated rings. The van der Waals surface area contributed by atoms with E-state index in [9.17, 15) is 4.79 Å². The van der Waals surface area contributed by atoms with Crippen molar-refractivity contribution in [3.05, 3.63) is 52.2 Å². The minimum atomic E-state index is -0.206. The predicted molar refractivity (Wildman–Crippen MR) is 110 cm³/mol. The maximum Gasteiger partial charge on any atom is 0.233 e. The van der Waals surface area contributed by atoms with E-state index < -0.39 is 0 Å². The average molecular weight is 386 g/mol. The first-order chi connectivity index (χ1) is 12.5. The van der Waals surface area contributed by atoms with Crippen molar-refractivity contribution in [1.82, 2.24) is 15.3 Å². The number of carbonyl (C=O) groups is 1. The van der Waals surface area contributed by atoms with Gasteiger partial charge < -0.3 is 5.32 Å². The maximum atomic E-state index is 12.5. The number of fused-ring (bicyclic) bond motifs is 1. The van der Waals surface area contributed by atoms with E-state index in [0.717, 1.165) is 27.5 Å². The number of thioether (sulfide) groups is 1. The highest BCUT2D eigenvalue weighted by molar-refractivity contribution is 8.00. The molecule has 0 spiro atoms. The first-order valence-electron chi connectivity index (χ1n) is 8.68. The Hall–Kier alpha value is -1.92. The molecule has 1 aromatic carbocycles. The third-order valence-electron chi connectivity index (χ3n) is 4.32. The second-order valence-electron chi connectivity index (χ2n) is 6.33. The summed E-state index contributed by atoms with van der Waals surface area (Å²) in [6, 6.07) is 10.2. The lowest BCUT2D eigenvalue weighted by molar-refractivity contribution is -0.120. The zero-order valence-electron chi connectivity index (χ0n) is 15.5. The Kier molecular flexibility index (Phi) is 5.94. The number of nitrogens with zero attached hydrogens (tertiary/aromatic N) is 2. The van der Waals surface area contributed by atoms with Crippen LogP contribution in [0.15, 0.2) is 35.4 Å². The van der Waals surface area contributed by atoms with Crippen LogP contribution in [0.1, 0.15) is 28.8 Å². The third kappa shape index (κ3) is 4.24. The topological polar surface area (TPSA) is 54.9 Å². The molecule has 4 nitrogen and oxygen atoms in total. The molecule has 1 amide bonds. The zero-order valence-corrected chi connectivity index (χ0v) is 17.1. The number of aromatic nitrogens is 2. The zero-order chi connectivity index (χ0) is 18.7. The minimum absolute atomic E-state index is 0.0416. The Morgan fingerprint density at radius 3 is 2.65 bits per heavy atom. The monoisotopic (exact) mass is 385 g/mol. The summed E-state index contributed by atoms with van der Waals surface area (Å²) in [5.41, 5.74) is 2.44. The molecule has 6 heteroatoms. The molecule has 3 rings (SSSR count). The van der Waals surface area contributed by atoms with Gasteiger partial charge in [-0.3, -0.25) is 4.79 Å². The maximum absolute atomic E-state index is 12.5. The summed E-state index contributed by atoms with van der Waals surface area (Å²) in [5.74, 6) is 0.790. The van der Waals surface area contributed by atoms with Gasteiger partial charge in [0, 0.05) is 16.8 Å². The highest BCUT2D eigenvalue weighted by Gasteiger charge is 2.20. The second kappa shape index (κ2) is 8.18. The molecule has 3 aromatic rings. The van der Waals surface area contributed by atoms with Gasteiger partial charge in [-0.15, -0.1) is 11.3 Å². The largest absolute Gasteiger partial charge is 0.355 e. The van der Waals surface area contributed by atoms with Crippen molar-refractivity contribution < 1.29 is 4.79 Å². The Balaban J connectivity index is 1.66. The molecular formula is C20H23N3OS2. The molecule has 0 bridgehead atoms. The number of amides is 1. The van der Waals surface area contributed by atoms with Gasteiger partial charge in [0.25, 0.3) is 0 Å². The van der Waals surface area contributed by atoms with Crippen molar-refractivity contribution in [2.45, 2.75) is 44.4 Å². The lowest BCUT2D eigenvalue weighted by Crippen LogP contribution is -2.32. The first-order valence-corrected chi connectivity index (χ1v) is 10.4. The summed E-state index contributed by atoms with van der Waals surface area (Å²) in [7, 11) is 0. The van der Waals surface area contributed by atoms with Crippen LogP contribution in [0.4, 0.5) is 0 Å². The average Bonchev–Trinajstić information content (AvgIpc) is 2.89. The van der Waals surface area contributed by atoms with Gasteiger partial charge in [0.15, 0.2) is 0 Å². The van der Waals surface area contributed by atoms with Crippen molar-refractivity contribution in [3.8, 4) is 0 Å². The van der Waals surface area contributed by atoms with Crippen LogP contribution in [0.3, 0.4) is 0 Å². The summed E-state index contributed by atoms with van der Waals surface area (Å²) in [6.45, 7) is 8.67. The van der Waals surface area contributed by atoms with Crippen LogP contribution in [-0.2, 0) is 11.2 Å². The van der Waals surface area contributed by atoms with Gasteiger partial charge in [0.1, 0.15) is 15.7 Å². The molecule has 0 aliphatic carbocycles. The Labute approximate surface area is 162 Å². The number of thiophene rings is 1. The predicted octanol–water partition coefficient (Wildman–Crippen LogP) is 4.46. The molecule has 0 saturated carbocycles. The minimum Gasteiger partial charge on any atom is -0.355 e. The molecule has 26 heavy (non-hydrogen) atoms. The van der Waals surface area contributed by atoms with E-state index in [0.29, 0.717) is 6.54 Å². The van der Waals surface area contributed by atoms with Crippen molar-refractivity contribution in [3.63, 3.8) is 0 Å². The number of aryl methyl sites for hydroxylation is 3. The van der Waals surface area contributed by atoms with Crippen LogP contribution in [-0.4, -0.2) is 27.7 Å². The van der Waals surface area contributed by atoms with E-state index >= 15 is 0 Å². The van der Waals surface area contributed by atoms with Gasteiger partial charge >= 0.3 is 0 Å². The van der Waals surface area contributed by atoms with Gasteiger partial charge in [-0.25, -0.2) is 9.97 Å². The van der Waals surface area contributed by atoms with E-state index in [1.165, 1.54) is 27.8 Å². The van der Waals surface area contributed by atoms with Crippen molar-refractivity contribution >= 4 is 39.2 Å². The lowest BCUT2D eigenvalue weighted by atomic mass is 10.1. The smallest absolute Gasteiger partial charge is 0.233 e. The highest BCUT2D eigenvalue weighted by Crippen LogP contribution is 2.36. The van der Waals surface area contributed by atoms with Gasteiger partial charge in [0.05, 0.1) is 5.25 Å².